The Morgan fingerprint density at radius 3 is 2.15 bits per heavy atom. The summed E-state index contributed by atoms with van der Waals surface area (Å²) in [5.74, 6) is 2.05. The Kier molecular flexibility index (Phi) is 8.95. The largest absolute Gasteiger partial charge is 0.415 e. The molecule has 0 aliphatic heterocycles. The predicted molar refractivity (Wildman–Crippen MR) is 171 cm³/mol. The summed E-state index contributed by atoms with van der Waals surface area (Å²) in [5.41, 5.74) is 0.00195. The number of carbonyl (C=O) groups is 1. The maximum atomic E-state index is 14.5. The van der Waals surface area contributed by atoms with Crippen molar-refractivity contribution in [1.82, 2.24) is 0 Å². The zero-order chi connectivity index (χ0) is 29.9. The minimum Gasteiger partial charge on any atom is -0.415 e. The van der Waals surface area contributed by atoms with Gasteiger partial charge in [0.1, 0.15) is 24.2 Å². The predicted octanol–water partition coefficient (Wildman–Crippen LogP) is 7.87. The third-order valence-electron chi connectivity index (χ3n) is 10.7. The zero-order valence-electron chi connectivity index (χ0n) is 27.7. The molecule has 0 heterocycles. The monoisotopic (exact) mass is 609 g/mol. The number of Topliss-reactive ketones (excluding diaryl/α,β-unsaturated/α-hetero) is 1. The number of ketones is 1. The molecule has 0 bridgehead atoms. The van der Waals surface area contributed by atoms with Gasteiger partial charge in [0, 0.05) is 23.9 Å². The van der Waals surface area contributed by atoms with Crippen LogP contribution >= 0.6 is 0 Å². The average molecular weight is 610 g/mol. The van der Waals surface area contributed by atoms with Crippen LogP contribution in [0, 0.1) is 34.5 Å². The van der Waals surface area contributed by atoms with Crippen molar-refractivity contribution in [3.05, 3.63) is 0 Å². The molecule has 6 nitrogen and oxygen atoms in total. The van der Waals surface area contributed by atoms with Gasteiger partial charge in [0.15, 0.2) is 25.0 Å². The van der Waals surface area contributed by atoms with E-state index < -0.39 is 30.6 Å². The van der Waals surface area contributed by atoms with Gasteiger partial charge < -0.3 is 18.1 Å². The molecule has 0 amide bonds. The lowest BCUT2D eigenvalue weighted by atomic mass is 9.44. The SMILES string of the molecule is CO/N=C(/CO[Si](C)(C)C)[C@@]1(O[Si](C)(C)C)CC[C@H]2[C@@H]3CC[C@H]4C[C@H](O[Si](C)(C)C)CC[C@]4(C)[C@H]3C(=O)C[C@@]21C. The van der Waals surface area contributed by atoms with E-state index in [1.165, 1.54) is 6.42 Å². The van der Waals surface area contributed by atoms with Crippen molar-refractivity contribution in [2.75, 3.05) is 13.7 Å². The first-order valence-corrected chi connectivity index (χ1v) is 26.1. The van der Waals surface area contributed by atoms with Crippen LogP contribution < -0.4 is 0 Å². The summed E-state index contributed by atoms with van der Waals surface area (Å²) in [5, 5.41) is 4.64. The summed E-state index contributed by atoms with van der Waals surface area (Å²) >= 11 is 0. The third kappa shape index (κ3) is 6.16. The molecule has 0 spiro atoms. The van der Waals surface area contributed by atoms with Crippen molar-refractivity contribution < 1.29 is 22.9 Å². The van der Waals surface area contributed by atoms with Crippen molar-refractivity contribution in [3.8, 4) is 0 Å². The van der Waals surface area contributed by atoms with Crippen molar-refractivity contribution in [1.29, 1.82) is 0 Å². The van der Waals surface area contributed by atoms with E-state index in [1.807, 2.05) is 0 Å². The maximum absolute atomic E-state index is 14.5. The normalized spacial score (nSPS) is 40.9. The van der Waals surface area contributed by atoms with Crippen molar-refractivity contribution in [2.45, 2.75) is 136 Å². The summed E-state index contributed by atoms with van der Waals surface area (Å²) in [6.45, 7) is 25.5. The maximum Gasteiger partial charge on any atom is 0.185 e. The van der Waals surface area contributed by atoms with Crippen molar-refractivity contribution in [3.63, 3.8) is 0 Å². The minimum absolute atomic E-state index is 0.0793. The standard InChI is InChI=1S/C31H59NO5Si3/c1-29-17-15-23(36-39(7,8)9)19-22(29)13-14-24-25-16-18-31(37-40(10,11)12,30(25,2)20-26(33)28(24)29)27(32-34-3)21-35-38(4,5)6/h22-25,28H,13-21H2,1-12H3/b32-27-/t22-,23+,24-,25-,28+,29-,30-,31-/m0/s1. The van der Waals surface area contributed by atoms with Gasteiger partial charge >= 0.3 is 0 Å². The van der Waals surface area contributed by atoms with E-state index in [-0.39, 0.29) is 16.7 Å². The van der Waals surface area contributed by atoms with E-state index in [0.717, 1.165) is 44.2 Å². The summed E-state index contributed by atoms with van der Waals surface area (Å²) < 4.78 is 20.3. The molecule has 0 radical (unpaired) electrons. The minimum atomic E-state index is -2.02. The number of carbonyl (C=O) groups excluding carboxylic acids is 1. The van der Waals surface area contributed by atoms with Crippen LogP contribution in [-0.2, 0) is 22.9 Å². The molecular formula is C31H59NO5Si3. The summed E-state index contributed by atoms with van der Waals surface area (Å²) in [6.07, 6.45) is 8.58. The lowest BCUT2D eigenvalue weighted by Crippen LogP contribution is -2.64. The molecular weight excluding hydrogens is 551 g/mol. The molecule has 0 N–H and O–H groups in total. The molecule has 8 atom stereocenters. The molecule has 40 heavy (non-hydrogen) atoms. The second-order valence-electron chi connectivity index (χ2n) is 16.9. The molecule has 0 unspecified atom stereocenters. The van der Waals surface area contributed by atoms with Crippen LogP contribution in [0.1, 0.15) is 65.2 Å². The van der Waals surface area contributed by atoms with E-state index in [9.17, 15) is 4.79 Å². The number of fused-ring (bicyclic) bond motifs is 5. The summed E-state index contributed by atoms with van der Waals surface area (Å²) in [4.78, 5) is 20.0. The number of rotatable bonds is 9. The second-order valence-corrected chi connectivity index (χ2v) is 30.3. The molecule has 0 aromatic rings. The molecule has 4 fully saturated rings. The molecule has 4 aliphatic carbocycles. The van der Waals surface area contributed by atoms with Crippen LogP contribution in [0.4, 0.5) is 0 Å². The van der Waals surface area contributed by atoms with Crippen LogP contribution in [0.25, 0.3) is 0 Å². The highest BCUT2D eigenvalue weighted by atomic mass is 28.4. The van der Waals surface area contributed by atoms with Gasteiger partial charge in [-0.3, -0.25) is 4.79 Å². The Balaban J connectivity index is 1.68. The Hall–Kier alpha value is -0.329. The van der Waals surface area contributed by atoms with Crippen LogP contribution in [0.2, 0.25) is 58.9 Å². The first kappa shape index (κ1) is 32.6. The first-order valence-electron chi connectivity index (χ1n) is 15.9. The summed E-state index contributed by atoms with van der Waals surface area (Å²) in [6, 6.07) is 0. The fraction of sp³-hybridized carbons (Fsp3) is 0.935. The van der Waals surface area contributed by atoms with Crippen molar-refractivity contribution >= 4 is 36.4 Å². The lowest BCUT2D eigenvalue weighted by molar-refractivity contribution is -0.166. The van der Waals surface area contributed by atoms with E-state index in [4.69, 9.17) is 18.1 Å². The Labute approximate surface area is 248 Å². The van der Waals surface area contributed by atoms with Crippen LogP contribution in [0.15, 0.2) is 5.16 Å². The molecule has 0 aromatic heterocycles. The highest BCUT2D eigenvalue weighted by molar-refractivity contribution is 6.70. The highest BCUT2D eigenvalue weighted by Crippen LogP contribution is 2.68. The van der Waals surface area contributed by atoms with Gasteiger partial charge in [-0.05, 0) is 127 Å². The molecule has 4 aliphatic rings. The Morgan fingerprint density at radius 2 is 1.57 bits per heavy atom. The molecule has 9 heteroatoms. The smallest absolute Gasteiger partial charge is 0.185 e. The summed E-state index contributed by atoms with van der Waals surface area (Å²) in [7, 11) is -3.79. The van der Waals surface area contributed by atoms with Crippen molar-refractivity contribution in [2.24, 2.45) is 39.7 Å². The molecule has 4 rings (SSSR count). The number of nitrogens with zero attached hydrogens (tertiary/aromatic N) is 1. The fourth-order valence-electron chi connectivity index (χ4n) is 9.46. The fourth-order valence-corrected chi connectivity index (χ4v) is 12.7. The van der Waals surface area contributed by atoms with Crippen LogP contribution in [0.3, 0.4) is 0 Å². The number of hydrogen-bond donors (Lipinski definition) is 0. The van der Waals surface area contributed by atoms with E-state index in [1.54, 1.807) is 7.11 Å². The van der Waals surface area contributed by atoms with Gasteiger partial charge in [0.2, 0.25) is 0 Å². The molecule has 230 valence electrons. The first-order chi connectivity index (χ1) is 18.2. The topological polar surface area (TPSA) is 66.3 Å². The van der Waals surface area contributed by atoms with Gasteiger partial charge in [0.05, 0.1) is 6.61 Å². The van der Waals surface area contributed by atoms with E-state index in [0.29, 0.717) is 42.7 Å². The quantitative estimate of drug-likeness (QED) is 0.151. The van der Waals surface area contributed by atoms with Crippen LogP contribution in [0.5, 0.6) is 0 Å². The Bertz CT molecular complexity index is 985. The molecule has 4 saturated carbocycles. The van der Waals surface area contributed by atoms with Crippen LogP contribution in [-0.4, -0.2) is 61.9 Å². The lowest BCUT2D eigenvalue weighted by Gasteiger charge is -2.61. The molecule has 0 aromatic carbocycles. The number of oxime groups is 1. The van der Waals surface area contributed by atoms with E-state index >= 15 is 0 Å². The van der Waals surface area contributed by atoms with Gasteiger partial charge in [-0.1, -0.05) is 19.0 Å². The number of hydrogen-bond acceptors (Lipinski definition) is 6. The van der Waals surface area contributed by atoms with Gasteiger partial charge in [-0.25, -0.2) is 0 Å². The van der Waals surface area contributed by atoms with Gasteiger partial charge in [-0.2, -0.15) is 0 Å². The zero-order valence-corrected chi connectivity index (χ0v) is 30.7. The highest BCUT2D eigenvalue weighted by Gasteiger charge is 2.70. The Morgan fingerprint density at radius 1 is 0.900 bits per heavy atom. The molecule has 0 saturated heterocycles. The third-order valence-corrected chi connectivity index (χ3v) is 13.7. The van der Waals surface area contributed by atoms with Gasteiger partial charge in [-0.15, -0.1) is 0 Å². The average Bonchev–Trinajstić information content (AvgIpc) is 3.05. The second kappa shape index (κ2) is 11.0. The van der Waals surface area contributed by atoms with E-state index in [2.05, 4.69) is 77.9 Å². The van der Waals surface area contributed by atoms with Gasteiger partial charge in [0.25, 0.3) is 0 Å².